The van der Waals surface area contributed by atoms with E-state index in [0.29, 0.717) is 11.2 Å². The van der Waals surface area contributed by atoms with Crippen LogP contribution in [0.2, 0.25) is 5.02 Å². The standard InChI is InChI=1S/C15H22ClN3S/c1-3-19-8-6-12(7-9-19)17-15(20)18-13-5-4-11(2)14(16)10-13/h4-5,10,12H,3,6-9H2,1-2H3,(H2,17,18,20)/p+1. The van der Waals surface area contributed by atoms with Gasteiger partial charge in [0.05, 0.1) is 19.6 Å². The third-order valence-electron chi connectivity index (χ3n) is 3.96. The summed E-state index contributed by atoms with van der Waals surface area (Å²) in [4.78, 5) is 1.69. The fourth-order valence-corrected chi connectivity index (χ4v) is 3.01. The molecule has 0 aromatic heterocycles. The van der Waals surface area contributed by atoms with Crippen LogP contribution in [0.3, 0.4) is 0 Å². The first-order valence-electron chi connectivity index (χ1n) is 7.25. The second kappa shape index (κ2) is 7.25. The minimum absolute atomic E-state index is 0.492. The van der Waals surface area contributed by atoms with Crippen LogP contribution in [0.5, 0.6) is 0 Å². The summed E-state index contributed by atoms with van der Waals surface area (Å²) >= 11 is 11.5. The van der Waals surface area contributed by atoms with Gasteiger partial charge in [0.15, 0.2) is 5.11 Å². The zero-order valence-electron chi connectivity index (χ0n) is 12.1. The summed E-state index contributed by atoms with van der Waals surface area (Å²) in [6.45, 7) is 7.92. The lowest BCUT2D eigenvalue weighted by Crippen LogP contribution is -3.13. The molecule has 1 saturated heterocycles. The molecule has 0 radical (unpaired) electrons. The first kappa shape index (κ1) is 15.5. The monoisotopic (exact) mass is 312 g/mol. The van der Waals surface area contributed by atoms with Crippen molar-refractivity contribution in [3.8, 4) is 0 Å². The van der Waals surface area contributed by atoms with Crippen molar-refractivity contribution in [2.75, 3.05) is 25.0 Å². The van der Waals surface area contributed by atoms with E-state index in [9.17, 15) is 0 Å². The second-order valence-electron chi connectivity index (χ2n) is 5.44. The molecule has 1 aromatic rings. The number of halogens is 1. The molecule has 1 aliphatic heterocycles. The zero-order chi connectivity index (χ0) is 14.5. The highest BCUT2D eigenvalue weighted by molar-refractivity contribution is 7.80. The molecule has 3 nitrogen and oxygen atoms in total. The van der Waals surface area contributed by atoms with Gasteiger partial charge in [-0.25, -0.2) is 0 Å². The maximum atomic E-state index is 6.11. The molecule has 1 aliphatic rings. The molecule has 0 bridgehead atoms. The summed E-state index contributed by atoms with van der Waals surface area (Å²) in [5.74, 6) is 0. The van der Waals surface area contributed by atoms with Crippen molar-refractivity contribution in [1.82, 2.24) is 5.32 Å². The number of rotatable bonds is 3. The normalized spacial score (nSPS) is 22.4. The maximum Gasteiger partial charge on any atom is 0.171 e. The van der Waals surface area contributed by atoms with Gasteiger partial charge in [0.1, 0.15) is 0 Å². The molecule has 5 heteroatoms. The van der Waals surface area contributed by atoms with Crippen LogP contribution in [-0.2, 0) is 0 Å². The first-order chi connectivity index (χ1) is 9.58. The van der Waals surface area contributed by atoms with Crippen LogP contribution in [0.1, 0.15) is 25.3 Å². The van der Waals surface area contributed by atoms with Gasteiger partial charge in [0, 0.05) is 29.6 Å². The van der Waals surface area contributed by atoms with Crippen LogP contribution < -0.4 is 15.5 Å². The van der Waals surface area contributed by atoms with Crippen molar-refractivity contribution in [3.63, 3.8) is 0 Å². The molecule has 1 heterocycles. The summed E-state index contributed by atoms with van der Waals surface area (Å²) in [6, 6.07) is 6.40. The molecule has 20 heavy (non-hydrogen) atoms. The van der Waals surface area contributed by atoms with Crippen molar-refractivity contribution >= 4 is 34.6 Å². The van der Waals surface area contributed by atoms with Gasteiger partial charge in [0.2, 0.25) is 0 Å². The molecule has 0 atom stereocenters. The summed E-state index contributed by atoms with van der Waals surface area (Å²) in [5, 5.41) is 8.07. The fourth-order valence-electron chi connectivity index (χ4n) is 2.55. The Bertz CT molecular complexity index is 470. The molecule has 2 rings (SSSR count). The average Bonchev–Trinajstić information content (AvgIpc) is 2.44. The van der Waals surface area contributed by atoms with Crippen molar-refractivity contribution in [2.24, 2.45) is 0 Å². The number of likely N-dealkylation sites (tertiary alicyclic amines) is 1. The molecule has 0 aliphatic carbocycles. The minimum atomic E-state index is 0.492. The van der Waals surface area contributed by atoms with E-state index in [1.807, 2.05) is 25.1 Å². The Morgan fingerprint density at radius 2 is 2.10 bits per heavy atom. The van der Waals surface area contributed by atoms with E-state index in [2.05, 4.69) is 17.6 Å². The number of quaternary nitrogens is 1. The van der Waals surface area contributed by atoms with Crippen LogP contribution in [0.15, 0.2) is 18.2 Å². The lowest BCUT2D eigenvalue weighted by molar-refractivity contribution is -0.903. The Labute approximate surface area is 131 Å². The summed E-state index contributed by atoms with van der Waals surface area (Å²) < 4.78 is 0. The predicted molar refractivity (Wildman–Crippen MR) is 89.8 cm³/mol. The van der Waals surface area contributed by atoms with Crippen molar-refractivity contribution < 1.29 is 4.90 Å². The molecule has 0 saturated carbocycles. The Morgan fingerprint density at radius 3 is 2.70 bits per heavy atom. The molecule has 1 aromatic carbocycles. The van der Waals surface area contributed by atoms with Crippen LogP contribution in [-0.4, -0.2) is 30.8 Å². The van der Waals surface area contributed by atoms with Crippen LogP contribution in [0.25, 0.3) is 0 Å². The Balaban J connectivity index is 1.82. The van der Waals surface area contributed by atoms with Crippen molar-refractivity contribution in [3.05, 3.63) is 28.8 Å². The highest BCUT2D eigenvalue weighted by Crippen LogP contribution is 2.19. The topological polar surface area (TPSA) is 28.5 Å². The third kappa shape index (κ3) is 4.33. The summed E-state index contributed by atoms with van der Waals surface area (Å²) in [6.07, 6.45) is 2.36. The average molecular weight is 313 g/mol. The number of benzene rings is 1. The Morgan fingerprint density at radius 1 is 1.40 bits per heavy atom. The zero-order valence-corrected chi connectivity index (χ0v) is 13.7. The SMILES string of the molecule is CC[NH+]1CCC(NC(=S)Nc2ccc(C)c(Cl)c2)CC1. The van der Waals surface area contributed by atoms with Gasteiger partial charge >= 0.3 is 0 Å². The van der Waals surface area contributed by atoms with Gasteiger partial charge < -0.3 is 15.5 Å². The van der Waals surface area contributed by atoms with Gasteiger partial charge in [0.25, 0.3) is 0 Å². The first-order valence-corrected chi connectivity index (χ1v) is 8.04. The van der Waals surface area contributed by atoms with Gasteiger partial charge in [-0.1, -0.05) is 17.7 Å². The largest absolute Gasteiger partial charge is 0.359 e. The van der Waals surface area contributed by atoms with Crippen LogP contribution in [0, 0.1) is 6.92 Å². The predicted octanol–water partition coefficient (Wildman–Crippen LogP) is 2.00. The highest BCUT2D eigenvalue weighted by atomic mass is 35.5. The minimum Gasteiger partial charge on any atom is -0.359 e. The fraction of sp³-hybridized carbons (Fsp3) is 0.533. The van der Waals surface area contributed by atoms with Gasteiger partial charge in [-0.2, -0.15) is 0 Å². The molecule has 3 N–H and O–H groups in total. The van der Waals surface area contributed by atoms with Gasteiger partial charge in [-0.15, -0.1) is 0 Å². The van der Waals surface area contributed by atoms with Gasteiger partial charge in [-0.3, -0.25) is 0 Å². The molecule has 110 valence electrons. The Hall–Kier alpha value is -0.840. The number of hydrogen-bond acceptors (Lipinski definition) is 1. The van der Waals surface area contributed by atoms with E-state index in [-0.39, 0.29) is 0 Å². The van der Waals surface area contributed by atoms with E-state index in [1.165, 1.54) is 32.5 Å². The van der Waals surface area contributed by atoms with E-state index in [4.69, 9.17) is 23.8 Å². The highest BCUT2D eigenvalue weighted by Gasteiger charge is 2.21. The quantitative estimate of drug-likeness (QED) is 0.746. The lowest BCUT2D eigenvalue weighted by Gasteiger charge is -2.29. The molecule has 0 amide bonds. The van der Waals surface area contributed by atoms with E-state index < -0.39 is 0 Å². The second-order valence-corrected chi connectivity index (χ2v) is 6.26. The van der Waals surface area contributed by atoms with Crippen LogP contribution >= 0.6 is 23.8 Å². The number of aryl methyl sites for hydroxylation is 1. The number of piperidine rings is 1. The van der Waals surface area contributed by atoms with E-state index in [0.717, 1.165) is 16.3 Å². The van der Waals surface area contributed by atoms with E-state index in [1.54, 1.807) is 4.90 Å². The third-order valence-corrected chi connectivity index (χ3v) is 4.58. The molecular weight excluding hydrogens is 290 g/mol. The number of nitrogens with one attached hydrogen (secondary N) is 3. The summed E-state index contributed by atoms with van der Waals surface area (Å²) in [5.41, 5.74) is 2.01. The van der Waals surface area contributed by atoms with Crippen molar-refractivity contribution in [2.45, 2.75) is 32.7 Å². The molecule has 1 fully saturated rings. The maximum absolute atomic E-state index is 6.11. The molecule has 0 unspecified atom stereocenters. The number of thiocarbonyl (C=S) groups is 1. The number of hydrogen-bond donors (Lipinski definition) is 3. The van der Waals surface area contributed by atoms with Gasteiger partial charge in [-0.05, 0) is 43.8 Å². The molecular formula is C15H23ClN3S+. The summed E-state index contributed by atoms with van der Waals surface area (Å²) in [7, 11) is 0. The Kier molecular flexibility index (Phi) is 5.64. The van der Waals surface area contributed by atoms with Crippen LogP contribution in [0.4, 0.5) is 5.69 Å². The lowest BCUT2D eigenvalue weighted by atomic mass is 10.1. The smallest absolute Gasteiger partial charge is 0.171 e. The van der Waals surface area contributed by atoms with E-state index >= 15 is 0 Å². The van der Waals surface area contributed by atoms with Crippen molar-refractivity contribution in [1.29, 1.82) is 0 Å². The molecule has 0 spiro atoms. The number of anilines is 1.